The van der Waals surface area contributed by atoms with Gasteiger partial charge in [-0.25, -0.2) is 0 Å². The van der Waals surface area contributed by atoms with Crippen molar-refractivity contribution in [1.82, 2.24) is 10.6 Å². The van der Waals surface area contributed by atoms with Crippen LogP contribution in [0.15, 0.2) is 30.3 Å². The van der Waals surface area contributed by atoms with Crippen LogP contribution in [0.3, 0.4) is 0 Å². The van der Waals surface area contributed by atoms with Gasteiger partial charge in [0.05, 0.1) is 13.0 Å². The van der Waals surface area contributed by atoms with Crippen LogP contribution in [0.25, 0.3) is 0 Å². The Morgan fingerprint density at radius 3 is 2.32 bits per heavy atom. The molecule has 2 N–H and O–H groups in total. The number of hydrogen-bond acceptors (Lipinski definition) is 2. The highest BCUT2D eigenvalue weighted by Gasteiger charge is 2.09. The molecule has 1 atom stereocenters. The maximum Gasteiger partial charge on any atom is 0.239 e. The summed E-state index contributed by atoms with van der Waals surface area (Å²) < 4.78 is 0. The van der Waals surface area contributed by atoms with E-state index >= 15 is 0 Å². The number of benzene rings is 1. The summed E-state index contributed by atoms with van der Waals surface area (Å²) >= 11 is 0. The smallest absolute Gasteiger partial charge is 0.239 e. The molecule has 4 heteroatoms. The first kappa shape index (κ1) is 18.2. The summed E-state index contributed by atoms with van der Waals surface area (Å²) in [6, 6.07) is 9.65. The summed E-state index contributed by atoms with van der Waals surface area (Å²) in [5.41, 5.74) is 0.947. The van der Waals surface area contributed by atoms with Gasteiger partial charge in [0.1, 0.15) is 0 Å². The third kappa shape index (κ3) is 8.45. The molecule has 1 rings (SSSR count). The molecule has 0 spiro atoms. The van der Waals surface area contributed by atoms with Crippen LogP contribution in [0.5, 0.6) is 0 Å². The van der Waals surface area contributed by atoms with Gasteiger partial charge in [0.25, 0.3) is 0 Å². The number of amides is 2. The van der Waals surface area contributed by atoms with Gasteiger partial charge >= 0.3 is 0 Å². The first-order valence-electron chi connectivity index (χ1n) is 8.07. The van der Waals surface area contributed by atoms with E-state index in [2.05, 4.69) is 24.5 Å². The van der Waals surface area contributed by atoms with E-state index in [4.69, 9.17) is 0 Å². The van der Waals surface area contributed by atoms with Crippen molar-refractivity contribution < 1.29 is 9.59 Å². The lowest BCUT2D eigenvalue weighted by Crippen LogP contribution is -2.41. The molecule has 22 heavy (non-hydrogen) atoms. The number of carbonyl (C=O) groups excluding carboxylic acids is 2. The van der Waals surface area contributed by atoms with Crippen molar-refractivity contribution in [3.63, 3.8) is 0 Å². The van der Waals surface area contributed by atoms with Crippen LogP contribution >= 0.6 is 0 Å². The Hall–Kier alpha value is -1.84. The predicted molar refractivity (Wildman–Crippen MR) is 89.4 cm³/mol. The minimum Gasteiger partial charge on any atom is -0.352 e. The van der Waals surface area contributed by atoms with E-state index in [-0.39, 0.29) is 24.4 Å². The van der Waals surface area contributed by atoms with Crippen LogP contribution in [0, 0.1) is 5.92 Å². The van der Waals surface area contributed by atoms with E-state index in [1.165, 1.54) is 6.42 Å². The molecule has 0 aliphatic carbocycles. The first-order valence-corrected chi connectivity index (χ1v) is 8.07. The Morgan fingerprint density at radius 1 is 1.00 bits per heavy atom. The molecule has 0 saturated carbocycles. The zero-order chi connectivity index (χ0) is 16.4. The molecule has 0 bridgehead atoms. The summed E-state index contributed by atoms with van der Waals surface area (Å²) in [7, 11) is 0. The van der Waals surface area contributed by atoms with Crippen molar-refractivity contribution in [3.05, 3.63) is 35.9 Å². The molecule has 0 aliphatic rings. The van der Waals surface area contributed by atoms with E-state index in [1.807, 2.05) is 37.3 Å². The molecule has 4 nitrogen and oxygen atoms in total. The summed E-state index contributed by atoms with van der Waals surface area (Å²) in [4.78, 5) is 23.5. The van der Waals surface area contributed by atoms with E-state index in [9.17, 15) is 9.59 Å². The quantitative estimate of drug-likeness (QED) is 0.737. The highest BCUT2D eigenvalue weighted by molar-refractivity contribution is 5.85. The molecule has 0 aromatic heterocycles. The number of carbonyl (C=O) groups is 2. The van der Waals surface area contributed by atoms with Crippen molar-refractivity contribution in [2.75, 3.05) is 6.54 Å². The van der Waals surface area contributed by atoms with Gasteiger partial charge in [0, 0.05) is 6.04 Å². The summed E-state index contributed by atoms with van der Waals surface area (Å²) in [5.74, 6) is 0.437. The summed E-state index contributed by atoms with van der Waals surface area (Å²) in [6.45, 7) is 6.45. The van der Waals surface area contributed by atoms with Gasteiger partial charge in [-0.3, -0.25) is 9.59 Å². The molecule has 2 amide bonds. The summed E-state index contributed by atoms with van der Waals surface area (Å²) in [6.07, 6.45) is 3.56. The zero-order valence-corrected chi connectivity index (χ0v) is 13.9. The van der Waals surface area contributed by atoms with Crippen molar-refractivity contribution >= 4 is 11.8 Å². The van der Waals surface area contributed by atoms with Crippen LogP contribution in [0.4, 0.5) is 0 Å². The predicted octanol–water partition coefficient (Wildman–Crippen LogP) is 2.68. The Kier molecular flexibility index (Phi) is 8.26. The van der Waals surface area contributed by atoms with Gasteiger partial charge in [-0.05, 0) is 24.8 Å². The number of rotatable bonds is 9. The molecule has 0 fully saturated rings. The molecule has 0 saturated heterocycles. The molecular formula is C18H28N2O2. The monoisotopic (exact) mass is 304 g/mol. The van der Waals surface area contributed by atoms with Crippen molar-refractivity contribution in [1.29, 1.82) is 0 Å². The highest BCUT2D eigenvalue weighted by Crippen LogP contribution is 2.08. The fourth-order valence-electron chi connectivity index (χ4n) is 2.25. The average molecular weight is 304 g/mol. The Bertz CT molecular complexity index is 457. The second kappa shape index (κ2) is 9.98. The number of hydrogen-bond donors (Lipinski definition) is 2. The topological polar surface area (TPSA) is 58.2 Å². The molecular weight excluding hydrogens is 276 g/mol. The van der Waals surface area contributed by atoms with Crippen LogP contribution < -0.4 is 10.6 Å². The van der Waals surface area contributed by atoms with Gasteiger partial charge in [-0.15, -0.1) is 0 Å². The van der Waals surface area contributed by atoms with Gasteiger partial charge in [0.2, 0.25) is 11.8 Å². The van der Waals surface area contributed by atoms with Crippen molar-refractivity contribution in [3.8, 4) is 0 Å². The molecule has 0 radical (unpaired) electrons. The number of nitrogens with one attached hydrogen (secondary N) is 2. The van der Waals surface area contributed by atoms with Gasteiger partial charge < -0.3 is 10.6 Å². The lowest BCUT2D eigenvalue weighted by atomic mass is 10.0. The maximum atomic E-state index is 11.8. The maximum absolute atomic E-state index is 11.8. The van der Waals surface area contributed by atoms with Gasteiger partial charge in [-0.1, -0.05) is 57.0 Å². The van der Waals surface area contributed by atoms with Crippen LogP contribution in [0.1, 0.15) is 45.6 Å². The van der Waals surface area contributed by atoms with E-state index in [0.717, 1.165) is 18.4 Å². The zero-order valence-electron chi connectivity index (χ0n) is 13.9. The Balaban J connectivity index is 2.18. The average Bonchev–Trinajstić information content (AvgIpc) is 2.46. The third-order valence-electron chi connectivity index (χ3n) is 3.48. The third-order valence-corrected chi connectivity index (χ3v) is 3.48. The summed E-state index contributed by atoms with van der Waals surface area (Å²) in [5, 5.41) is 5.58. The fraction of sp³-hybridized carbons (Fsp3) is 0.556. The van der Waals surface area contributed by atoms with Crippen LogP contribution in [0.2, 0.25) is 0 Å². The van der Waals surface area contributed by atoms with Crippen LogP contribution in [-0.2, 0) is 16.0 Å². The minimum atomic E-state index is -0.131. The second-order valence-electron chi connectivity index (χ2n) is 6.23. The molecule has 122 valence electrons. The Labute approximate surface area is 133 Å². The van der Waals surface area contributed by atoms with Gasteiger partial charge in [0.15, 0.2) is 0 Å². The van der Waals surface area contributed by atoms with E-state index in [1.54, 1.807) is 0 Å². The molecule has 1 unspecified atom stereocenters. The lowest BCUT2D eigenvalue weighted by Gasteiger charge is -2.15. The van der Waals surface area contributed by atoms with Crippen molar-refractivity contribution in [2.45, 2.75) is 52.5 Å². The first-order chi connectivity index (χ1) is 10.5. The fourth-order valence-corrected chi connectivity index (χ4v) is 2.25. The van der Waals surface area contributed by atoms with Crippen molar-refractivity contribution in [2.24, 2.45) is 5.92 Å². The normalized spacial score (nSPS) is 12.0. The second-order valence-corrected chi connectivity index (χ2v) is 6.23. The lowest BCUT2D eigenvalue weighted by molar-refractivity contribution is -0.126. The standard InChI is InChI=1S/C18H28N2O2/c1-14(2)8-7-9-15(3)20-18(22)13-19-17(21)12-16-10-5-4-6-11-16/h4-6,10-11,14-15H,7-9,12-13H2,1-3H3,(H,19,21)(H,20,22). The minimum absolute atomic E-state index is 0.0419. The molecule has 0 aliphatic heterocycles. The van der Waals surface area contributed by atoms with Gasteiger partial charge in [-0.2, -0.15) is 0 Å². The molecule has 1 aromatic rings. The van der Waals surface area contributed by atoms with Crippen LogP contribution in [-0.4, -0.2) is 24.4 Å². The Morgan fingerprint density at radius 2 is 1.68 bits per heavy atom. The SMILES string of the molecule is CC(C)CCCC(C)NC(=O)CNC(=O)Cc1ccccc1. The molecule has 0 heterocycles. The van der Waals surface area contributed by atoms with E-state index in [0.29, 0.717) is 12.3 Å². The molecule has 1 aromatic carbocycles. The van der Waals surface area contributed by atoms with E-state index < -0.39 is 0 Å². The highest BCUT2D eigenvalue weighted by atomic mass is 16.2. The largest absolute Gasteiger partial charge is 0.352 e.